The summed E-state index contributed by atoms with van der Waals surface area (Å²) in [7, 11) is 0. The van der Waals surface area contributed by atoms with Crippen LogP contribution in [0.5, 0.6) is 5.75 Å². The Kier molecular flexibility index (Phi) is 5.52. The quantitative estimate of drug-likeness (QED) is 0.655. The van der Waals surface area contributed by atoms with E-state index < -0.39 is 5.91 Å². The van der Waals surface area contributed by atoms with Gasteiger partial charge in [-0.25, -0.2) is 0 Å². The molecule has 2 N–H and O–H groups in total. The molecule has 0 bridgehead atoms. The number of nitrogens with zero attached hydrogens (tertiary/aromatic N) is 2. The van der Waals surface area contributed by atoms with E-state index in [9.17, 15) is 15.2 Å². The molecule has 1 saturated heterocycles. The third kappa shape index (κ3) is 4.41. The molecule has 2 aromatic carbocycles. The Morgan fingerprint density at radius 1 is 1.19 bits per heavy atom. The average molecular weight is 349 g/mol. The highest BCUT2D eigenvalue weighted by atomic mass is 16.5. The summed E-state index contributed by atoms with van der Waals surface area (Å²) in [5.74, 6) is -0.412. The van der Waals surface area contributed by atoms with Gasteiger partial charge < -0.3 is 20.1 Å². The van der Waals surface area contributed by atoms with Gasteiger partial charge in [-0.3, -0.25) is 4.79 Å². The molecular formula is C20H19N3O3. The molecule has 26 heavy (non-hydrogen) atoms. The zero-order valence-corrected chi connectivity index (χ0v) is 14.2. The molecule has 0 aliphatic carbocycles. The van der Waals surface area contributed by atoms with Crippen molar-refractivity contribution in [1.29, 1.82) is 5.26 Å². The maximum Gasteiger partial charge on any atom is 0.266 e. The molecule has 6 nitrogen and oxygen atoms in total. The fraction of sp³-hybridized carbons (Fsp3) is 0.200. The number of nitriles is 1. The van der Waals surface area contributed by atoms with Gasteiger partial charge in [-0.2, -0.15) is 5.26 Å². The minimum absolute atomic E-state index is 0.0344. The lowest BCUT2D eigenvalue weighted by Gasteiger charge is -2.28. The van der Waals surface area contributed by atoms with Crippen molar-refractivity contribution in [3.8, 4) is 11.8 Å². The molecular weight excluding hydrogens is 330 g/mol. The van der Waals surface area contributed by atoms with Gasteiger partial charge in [0.15, 0.2) is 0 Å². The van der Waals surface area contributed by atoms with Gasteiger partial charge in [0.05, 0.1) is 13.2 Å². The van der Waals surface area contributed by atoms with Gasteiger partial charge in [0.1, 0.15) is 17.4 Å². The van der Waals surface area contributed by atoms with Crippen LogP contribution in [0.25, 0.3) is 6.08 Å². The predicted octanol–water partition coefficient (Wildman–Crippen LogP) is 2.77. The second-order valence-corrected chi connectivity index (χ2v) is 5.87. The van der Waals surface area contributed by atoms with Crippen molar-refractivity contribution in [2.75, 3.05) is 36.5 Å². The Hall–Kier alpha value is -3.30. The van der Waals surface area contributed by atoms with Crippen molar-refractivity contribution in [3.63, 3.8) is 0 Å². The maximum absolute atomic E-state index is 12.3. The fourth-order valence-corrected chi connectivity index (χ4v) is 2.71. The number of benzene rings is 2. The van der Waals surface area contributed by atoms with Crippen LogP contribution in [0.15, 0.2) is 54.1 Å². The van der Waals surface area contributed by atoms with Crippen LogP contribution in [0.2, 0.25) is 0 Å². The standard InChI is InChI=1S/C20H19N3O3/c21-14-16(12-15-2-1-3-19(24)13-15)20(25)22-17-4-6-18(7-5-17)23-8-10-26-11-9-23/h1-7,12-13,24H,8-11H2,(H,22,25)/b16-12-. The number of anilines is 2. The molecule has 132 valence electrons. The number of hydrogen-bond donors (Lipinski definition) is 2. The smallest absolute Gasteiger partial charge is 0.266 e. The van der Waals surface area contributed by atoms with Gasteiger partial charge in [-0.1, -0.05) is 12.1 Å². The number of nitrogens with one attached hydrogen (secondary N) is 1. The van der Waals surface area contributed by atoms with Crippen molar-refractivity contribution in [2.24, 2.45) is 0 Å². The van der Waals surface area contributed by atoms with E-state index in [1.54, 1.807) is 12.1 Å². The number of rotatable bonds is 4. The van der Waals surface area contributed by atoms with E-state index in [2.05, 4.69) is 10.2 Å². The Morgan fingerprint density at radius 2 is 1.92 bits per heavy atom. The highest BCUT2D eigenvalue weighted by molar-refractivity contribution is 6.09. The van der Waals surface area contributed by atoms with Gasteiger partial charge in [-0.05, 0) is 48.0 Å². The van der Waals surface area contributed by atoms with Gasteiger partial charge in [0.2, 0.25) is 0 Å². The van der Waals surface area contributed by atoms with E-state index >= 15 is 0 Å². The van der Waals surface area contributed by atoms with Crippen LogP contribution in [-0.2, 0) is 9.53 Å². The number of hydrogen-bond acceptors (Lipinski definition) is 5. The lowest BCUT2D eigenvalue weighted by atomic mass is 10.1. The van der Waals surface area contributed by atoms with Gasteiger partial charge in [0.25, 0.3) is 5.91 Å². The highest BCUT2D eigenvalue weighted by Gasteiger charge is 2.12. The minimum atomic E-state index is -0.491. The minimum Gasteiger partial charge on any atom is -0.508 e. The first kappa shape index (κ1) is 17.5. The van der Waals surface area contributed by atoms with Crippen LogP contribution in [-0.4, -0.2) is 37.3 Å². The lowest BCUT2D eigenvalue weighted by Crippen LogP contribution is -2.36. The summed E-state index contributed by atoms with van der Waals surface area (Å²) in [4.78, 5) is 14.5. The van der Waals surface area contributed by atoms with Crippen LogP contribution in [0.3, 0.4) is 0 Å². The number of phenolic OH excluding ortho intramolecular Hbond substituents is 1. The van der Waals surface area contributed by atoms with E-state index in [0.29, 0.717) is 24.5 Å². The predicted molar refractivity (Wildman–Crippen MR) is 99.8 cm³/mol. The number of aromatic hydroxyl groups is 1. The van der Waals surface area contributed by atoms with Gasteiger partial charge in [0, 0.05) is 24.5 Å². The van der Waals surface area contributed by atoms with Gasteiger partial charge >= 0.3 is 0 Å². The summed E-state index contributed by atoms with van der Waals surface area (Å²) in [6.45, 7) is 3.11. The van der Waals surface area contributed by atoms with Crippen molar-refractivity contribution in [1.82, 2.24) is 0 Å². The monoisotopic (exact) mass is 349 g/mol. The van der Waals surface area contributed by atoms with Crippen LogP contribution in [0, 0.1) is 11.3 Å². The molecule has 1 amide bonds. The normalized spacial score (nSPS) is 14.6. The molecule has 0 radical (unpaired) electrons. The third-order valence-corrected chi connectivity index (χ3v) is 4.05. The first-order valence-electron chi connectivity index (χ1n) is 8.30. The second kappa shape index (κ2) is 8.19. The molecule has 6 heteroatoms. The van der Waals surface area contributed by atoms with Crippen LogP contribution in [0.1, 0.15) is 5.56 Å². The summed E-state index contributed by atoms with van der Waals surface area (Å²) >= 11 is 0. The van der Waals surface area contributed by atoms with Crippen LogP contribution < -0.4 is 10.2 Å². The summed E-state index contributed by atoms with van der Waals surface area (Å²) in [5, 5.41) is 21.5. The lowest BCUT2D eigenvalue weighted by molar-refractivity contribution is -0.112. The van der Waals surface area contributed by atoms with Gasteiger partial charge in [-0.15, -0.1) is 0 Å². The second-order valence-electron chi connectivity index (χ2n) is 5.87. The molecule has 1 aliphatic heterocycles. The van der Waals surface area contributed by atoms with E-state index in [4.69, 9.17) is 4.74 Å². The molecule has 1 aliphatic rings. The molecule has 2 aromatic rings. The largest absolute Gasteiger partial charge is 0.508 e. The number of ether oxygens (including phenoxy) is 1. The maximum atomic E-state index is 12.3. The zero-order valence-electron chi connectivity index (χ0n) is 14.2. The fourth-order valence-electron chi connectivity index (χ4n) is 2.71. The summed E-state index contributed by atoms with van der Waals surface area (Å²) in [6.07, 6.45) is 1.44. The zero-order chi connectivity index (χ0) is 18.4. The topological polar surface area (TPSA) is 85.6 Å². The Balaban J connectivity index is 1.69. The van der Waals surface area contributed by atoms with E-state index in [1.807, 2.05) is 30.3 Å². The number of carbonyl (C=O) groups excluding carboxylic acids is 1. The highest BCUT2D eigenvalue weighted by Crippen LogP contribution is 2.20. The van der Waals surface area contributed by atoms with Crippen molar-refractivity contribution < 1.29 is 14.6 Å². The summed E-state index contributed by atoms with van der Waals surface area (Å²) < 4.78 is 5.34. The summed E-state index contributed by atoms with van der Waals surface area (Å²) in [5.41, 5.74) is 2.23. The molecule has 0 atom stereocenters. The van der Waals surface area contributed by atoms with E-state index in [0.717, 1.165) is 18.8 Å². The van der Waals surface area contributed by atoms with Crippen LogP contribution >= 0.6 is 0 Å². The van der Waals surface area contributed by atoms with Crippen molar-refractivity contribution in [2.45, 2.75) is 0 Å². The first-order valence-corrected chi connectivity index (χ1v) is 8.30. The average Bonchev–Trinajstić information content (AvgIpc) is 2.67. The van der Waals surface area contributed by atoms with Crippen molar-refractivity contribution >= 4 is 23.4 Å². The Morgan fingerprint density at radius 3 is 2.58 bits per heavy atom. The molecule has 3 rings (SSSR count). The molecule has 0 unspecified atom stereocenters. The third-order valence-electron chi connectivity index (χ3n) is 4.05. The first-order chi connectivity index (χ1) is 12.7. The SMILES string of the molecule is N#C/C(=C/c1cccc(O)c1)C(=O)Nc1ccc(N2CCOCC2)cc1. The summed E-state index contributed by atoms with van der Waals surface area (Å²) in [6, 6.07) is 15.8. The number of carbonyl (C=O) groups is 1. The Bertz CT molecular complexity index is 847. The Labute approximate surface area is 151 Å². The molecule has 1 fully saturated rings. The number of amides is 1. The van der Waals surface area contributed by atoms with Crippen molar-refractivity contribution in [3.05, 3.63) is 59.7 Å². The molecule has 1 heterocycles. The number of phenols is 1. The van der Waals surface area contributed by atoms with E-state index in [-0.39, 0.29) is 11.3 Å². The molecule has 0 aromatic heterocycles. The number of morpholine rings is 1. The molecule has 0 saturated carbocycles. The molecule has 0 spiro atoms. The van der Waals surface area contributed by atoms with E-state index in [1.165, 1.54) is 18.2 Å². The van der Waals surface area contributed by atoms with Crippen LogP contribution in [0.4, 0.5) is 11.4 Å².